The third-order valence-electron chi connectivity index (χ3n) is 14.7. The summed E-state index contributed by atoms with van der Waals surface area (Å²) in [5.41, 5.74) is 0. The number of carbonyl (C=O) groups excluding carboxylic acids is 2. The first-order valence-corrected chi connectivity index (χ1v) is 31.6. The average molecular weight is 987 g/mol. The van der Waals surface area contributed by atoms with E-state index in [4.69, 9.17) is 4.74 Å². The molecule has 0 fully saturated rings. The Hall–Kier alpha value is -1.66. The topological polar surface area (TPSA) is 95.9 Å². The van der Waals surface area contributed by atoms with Crippen LogP contribution in [0.1, 0.15) is 348 Å². The van der Waals surface area contributed by atoms with E-state index in [9.17, 15) is 19.8 Å². The fourth-order valence-corrected chi connectivity index (χ4v) is 9.87. The Morgan fingerprint density at radius 1 is 0.386 bits per heavy atom. The molecule has 0 aromatic carbocycles. The molecule has 414 valence electrons. The van der Waals surface area contributed by atoms with Crippen molar-refractivity contribution in [3.8, 4) is 0 Å². The van der Waals surface area contributed by atoms with Crippen LogP contribution in [0.25, 0.3) is 0 Å². The van der Waals surface area contributed by atoms with Gasteiger partial charge in [-0.2, -0.15) is 0 Å². The van der Waals surface area contributed by atoms with E-state index in [0.717, 1.165) is 44.9 Å². The highest BCUT2D eigenvalue weighted by Crippen LogP contribution is 2.18. The molecule has 6 nitrogen and oxygen atoms in total. The molecule has 1 amide bonds. The maximum atomic E-state index is 12.5. The standard InChI is InChI=1S/C64H123NO5/c1-3-5-7-9-11-13-15-17-19-21-22-23-25-28-32-36-40-44-48-52-56-62(67)61(60-66)65-63(68)57-53-49-45-41-37-33-29-26-24-27-31-35-39-43-47-51-55-59-70-64(69)58-54-50-46-42-38-34-30-20-18-16-14-12-10-8-6-4-2/h20,30,52,56,61-62,66-67H,3-19,21-29,31-51,53-55,57-60H2,1-2H3,(H,65,68)/b30-20-,56-52+. The number of allylic oxidation sites excluding steroid dienone is 3. The second kappa shape index (κ2) is 59.9. The van der Waals surface area contributed by atoms with Gasteiger partial charge in [0.25, 0.3) is 0 Å². The molecule has 0 aliphatic heterocycles. The molecule has 2 atom stereocenters. The number of hydrogen-bond donors (Lipinski definition) is 3. The van der Waals surface area contributed by atoms with Gasteiger partial charge in [-0.3, -0.25) is 9.59 Å². The quantitative estimate of drug-likeness (QED) is 0.0321. The Balaban J connectivity index is 3.44. The summed E-state index contributed by atoms with van der Waals surface area (Å²) in [6, 6.07) is -0.633. The number of hydrogen-bond acceptors (Lipinski definition) is 5. The van der Waals surface area contributed by atoms with E-state index >= 15 is 0 Å². The van der Waals surface area contributed by atoms with Crippen molar-refractivity contribution in [2.75, 3.05) is 13.2 Å². The lowest BCUT2D eigenvalue weighted by Gasteiger charge is -2.20. The number of rotatable bonds is 59. The van der Waals surface area contributed by atoms with Gasteiger partial charge in [0.15, 0.2) is 0 Å². The van der Waals surface area contributed by atoms with Gasteiger partial charge in [-0.05, 0) is 57.8 Å². The normalized spacial score (nSPS) is 12.7. The molecule has 0 aliphatic rings. The van der Waals surface area contributed by atoms with Crippen LogP contribution >= 0.6 is 0 Å². The molecule has 6 heteroatoms. The first-order valence-electron chi connectivity index (χ1n) is 31.6. The molecule has 0 rings (SSSR count). The highest BCUT2D eigenvalue weighted by molar-refractivity contribution is 5.76. The number of ether oxygens (including phenoxy) is 1. The number of carbonyl (C=O) groups is 2. The van der Waals surface area contributed by atoms with E-state index in [-0.39, 0.29) is 18.5 Å². The van der Waals surface area contributed by atoms with Crippen molar-refractivity contribution in [3.63, 3.8) is 0 Å². The maximum Gasteiger partial charge on any atom is 0.305 e. The van der Waals surface area contributed by atoms with Gasteiger partial charge in [0.2, 0.25) is 5.91 Å². The number of esters is 1. The van der Waals surface area contributed by atoms with Crippen LogP contribution in [0, 0.1) is 0 Å². The van der Waals surface area contributed by atoms with Crippen molar-refractivity contribution in [1.29, 1.82) is 0 Å². The van der Waals surface area contributed by atoms with E-state index in [0.29, 0.717) is 19.4 Å². The number of aliphatic hydroxyl groups is 2. The van der Waals surface area contributed by atoms with Crippen molar-refractivity contribution in [3.05, 3.63) is 24.3 Å². The molecule has 0 spiro atoms. The summed E-state index contributed by atoms with van der Waals surface area (Å²) in [6.45, 7) is 4.91. The summed E-state index contributed by atoms with van der Waals surface area (Å²) >= 11 is 0. The molecular formula is C64H123NO5. The summed E-state index contributed by atoms with van der Waals surface area (Å²) in [5, 5.41) is 23.2. The van der Waals surface area contributed by atoms with Crippen LogP contribution < -0.4 is 5.32 Å². The highest BCUT2D eigenvalue weighted by atomic mass is 16.5. The molecule has 0 saturated carbocycles. The summed E-state index contributed by atoms with van der Waals surface area (Å²) < 4.78 is 5.48. The minimum absolute atomic E-state index is 0.00227. The lowest BCUT2D eigenvalue weighted by molar-refractivity contribution is -0.143. The zero-order valence-electron chi connectivity index (χ0n) is 47.3. The molecule has 0 heterocycles. The van der Waals surface area contributed by atoms with Gasteiger partial charge in [0.05, 0.1) is 25.4 Å². The lowest BCUT2D eigenvalue weighted by Crippen LogP contribution is -2.45. The summed E-state index contributed by atoms with van der Waals surface area (Å²) in [6.07, 6.45) is 73.5. The van der Waals surface area contributed by atoms with E-state index < -0.39 is 12.1 Å². The van der Waals surface area contributed by atoms with E-state index in [2.05, 4.69) is 31.3 Å². The Bertz CT molecular complexity index is 1090. The largest absolute Gasteiger partial charge is 0.466 e. The van der Waals surface area contributed by atoms with Crippen molar-refractivity contribution < 1.29 is 24.5 Å². The lowest BCUT2D eigenvalue weighted by atomic mass is 10.0. The van der Waals surface area contributed by atoms with Crippen molar-refractivity contribution in [2.45, 2.75) is 360 Å². The minimum Gasteiger partial charge on any atom is -0.466 e. The minimum atomic E-state index is -0.849. The zero-order chi connectivity index (χ0) is 50.7. The molecule has 3 N–H and O–H groups in total. The zero-order valence-corrected chi connectivity index (χ0v) is 47.3. The molecule has 0 bridgehead atoms. The third kappa shape index (κ3) is 55.7. The predicted octanol–water partition coefficient (Wildman–Crippen LogP) is 19.8. The second-order valence-corrected chi connectivity index (χ2v) is 21.7. The number of aliphatic hydroxyl groups excluding tert-OH is 2. The van der Waals surface area contributed by atoms with Gasteiger partial charge in [0, 0.05) is 12.8 Å². The van der Waals surface area contributed by atoms with Gasteiger partial charge >= 0.3 is 5.97 Å². The summed E-state index contributed by atoms with van der Waals surface area (Å²) in [7, 11) is 0. The molecular weight excluding hydrogens is 863 g/mol. The van der Waals surface area contributed by atoms with Crippen molar-refractivity contribution in [2.24, 2.45) is 0 Å². The molecule has 0 saturated heterocycles. The summed E-state index contributed by atoms with van der Waals surface area (Å²) in [5.74, 6) is -0.0727. The molecule has 0 aromatic heterocycles. The second-order valence-electron chi connectivity index (χ2n) is 21.7. The fourth-order valence-electron chi connectivity index (χ4n) is 9.87. The van der Waals surface area contributed by atoms with Crippen molar-refractivity contribution >= 4 is 11.9 Å². The van der Waals surface area contributed by atoms with E-state index in [1.807, 2.05) is 6.08 Å². The van der Waals surface area contributed by atoms with Crippen LogP contribution in [-0.4, -0.2) is 47.4 Å². The van der Waals surface area contributed by atoms with Crippen LogP contribution in [0.5, 0.6) is 0 Å². The number of amides is 1. The Labute approximate surface area is 437 Å². The smallest absolute Gasteiger partial charge is 0.305 e. The van der Waals surface area contributed by atoms with Crippen LogP contribution in [0.3, 0.4) is 0 Å². The van der Waals surface area contributed by atoms with Gasteiger partial charge in [-0.15, -0.1) is 0 Å². The van der Waals surface area contributed by atoms with Crippen LogP contribution in [0.15, 0.2) is 24.3 Å². The number of unbranched alkanes of at least 4 members (excludes halogenated alkanes) is 46. The van der Waals surface area contributed by atoms with E-state index in [1.165, 1.54) is 276 Å². The molecule has 0 radical (unpaired) electrons. The molecule has 0 aliphatic carbocycles. The van der Waals surface area contributed by atoms with E-state index in [1.54, 1.807) is 6.08 Å². The predicted molar refractivity (Wildman–Crippen MR) is 306 cm³/mol. The Kier molecular flexibility index (Phi) is 58.5. The molecule has 0 aromatic rings. The first-order chi connectivity index (χ1) is 34.5. The maximum absolute atomic E-state index is 12.5. The third-order valence-corrected chi connectivity index (χ3v) is 14.7. The highest BCUT2D eigenvalue weighted by Gasteiger charge is 2.18. The van der Waals surface area contributed by atoms with Gasteiger partial charge < -0.3 is 20.3 Å². The molecule has 70 heavy (non-hydrogen) atoms. The molecule has 2 unspecified atom stereocenters. The van der Waals surface area contributed by atoms with Gasteiger partial charge in [-0.1, -0.05) is 301 Å². The van der Waals surface area contributed by atoms with Gasteiger partial charge in [-0.25, -0.2) is 0 Å². The Morgan fingerprint density at radius 2 is 0.671 bits per heavy atom. The number of nitrogens with one attached hydrogen (secondary N) is 1. The van der Waals surface area contributed by atoms with Crippen molar-refractivity contribution in [1.82, 2.24) is 5.32 Å². The first kappa shape index (κ1) is 68.3. The SMILES string of the molecule is CCCCCCCCC/C=C\CCCCCCCC(=O)OCCCCCCCCCCCCCCCCCCCC(=O)NC(CO)C(O)/C=C/CCCCCCCCCCCCCCCCCCCC. The summed E-state index contributed by atoms with van der Waals surface area (Å²) in [4.78, 5) is 24.6. The fraction of sp³-hybridized carbons (Fsp3) is 0.906. The Morgan fingerprint density at radius 3 is 1.01 bits per heavy atom. The van der Waals surface area contributed by atoms with Crippen LogP contribution in [-0.2, 0) is 14.3 Å². The van der Waals surface area contributed by atoms with Gasteiger partial charge in [0.1, 0.15) is 0 Å². The van der Waals surface area contributed by atoms with Crippen LogP contribution in [0.2, 0.25) is 0 Å². The van der Waals surface area contributed by atoms with Crippen LogP contribution in [0.4, 0.5) is 0 Å². The average Bonchev–Trinajstić information content (AvgIpc) is 3.36. The monoisotopic (exact) mass is 986 g/mol.